The number of amides is 2. The smallest absolute Gasteiger partial charge is 0.487 e. The van der Waals surface area contributed by atoms with E-state index >= 15 is 0 Å². The molecule has 0 radical (unpaired) electrons. The lowest BCUT2D eigenvalue weighted by Crippen LogP contribution is -2.36. The summed E-state index contributed by atoms with van der Waals surface area (Å²) in [6.45, 7) is 2.50. The number of anilines is 1. The number of benzene rings is 2. The molecule has 17 heteroatoms. The van der Waals surface area contributed by atoms with Crippen molar-refractivity contribution in [3.8, 4) is 16.9 Å². The van der Waals surface area contributed by atoms with E-state index in [1.165, 1.54) is 0 Å². The summed E-state index contributed by atoms with van der Waals surface area (Å²) in [5, 5.41) is 24.3. The van der Waals surface area contributed by atoms with Crippen LogP contribution in [0.4, 0.5) is 36.8 Å². The number of halogens is 6. The summed E-state index contributed by atoms with van der Waals surface area (Å²) in [6.07, 6.45) is -3.33. The third-order valence-corrected chi connectivity index (χ3v) is 6.63. The second-order valence-corrected chi connectivity index (χ2v) is 10.4. The van der Waals surface area contributed by atoms with Crippen LogP contribution in [0.3, 0.4) is 0 Å². The Bertz CT molecular complexity index is 1430. The number of likely N-dealkylation sites (tertiary alicyclic amines) is 1. The van der Waals surface area contributed by atoms with Crippen molar-refractivity contribution in [3.63, 3.8) is 0 Å². The molecule has 1 aliphatic carbocycles. The number of carboxylic acid groups (broad SMARTS) is 2. The first-order chi connectivity index (χ1) is 21.5. The highest BCUT2D eigenvalue weighted by molar-refractivity contribution is 5.92. The van der Waals surface area contributed by atoms with Crippen molar-refractivity contribution in [1.82, 2.24) is 20.0 Å². The van der Waals surface area contributed by atoms with Crippen LogP contribution in [0.15, 0.2) is 60.9 Å². The van der Waals surface area contributed by atoms with Gasteiger partial charge in [-0.05, 0) is 49.6 Å². The van der Waals surface area contributed by atoms with Gasteiger partial charge in [0, 0.05) is 37.4 Å². The van der Waals surface area contributed by atoms with Gasteiger partial charge in [0.1, 0.15) is 11.9 Å². The summed E-state index contributed by atoms with van der Waals surface area (Å²) < 4.78 is 69.9. The van der Waals surface area contributed by atoms with Gasteiger partial charge in [-0.3, -0.25) is 5.10 Å². The summed E-state index contributed by atoms with van der Waals surface area (Å²) in [5.74, 6) is -4.81. The second-order valence-electron chi connectivity index (χ2n) is 10.4. The molecular formula is C29H31F6N5O6. The maximum absolute atomic E-state index is 13.3. The van der Waals surface area contributed by atoms with E-state index in [-0.39, 0.29) is 12.1 Å². The molecule has 2 aromatic carbocycles. The molecular weight excluding hydrogens is 628 g/mol. The van der Waals surface area contributed by atoms with E-state index in [2.05, 4.69) is 39.6 Å². The van der Waals surface area contributed by atoms with E-state index in [4.69, 9.17) is 24.5 Å². The molecule has 0 bridgehead atoms. The summed E-state index contributed by atoms with van der Waals surface area (Å²) in [5.41, 5.74) is 3.83. The summed E-state index contributed by atoms with van der Waals surface area (Å²) in [4.78, 5) is 35.3. The third-order valence-electron chi connectivity index (χ3n) is 6.63. The molecule has 3 aromatic rings. The number of carbonyl (C=O) groups excluding carboxylic acids is 1. The maximum atomic E-state index is 13.3. The first-order valence-corrected chi connectivity index (χ1v) is 13.7. The number of rotatable bonds is 7. The lowest BCUT2D eigenvalue weighted by Gasteiger charge is -2.24. The average molecular weight is 660 g/mol. The minimum atomic E-state index is -5.08. The third kappa shape index (κ3) is 11.3. The summed E-state index contributed by atoms with van der Waals surface area (Å²) in [7, 11) is 2.10. The van der Waals surface area contributed by atoms with Crippen LogP contribution in [0.5, 0.6) is 5.75 Å². The number of nitrogens with zero attached hydrogens (tertiary/aromatic N) is 3. The quantitative estimate of drug-likeness (QED) is 0.239. The number of aromatic amines is 1. The van der Waals surface area contributed by atoms with Gasteiger partial charge >= 0.3 is 30.3 Å². The molecule has 2 heterocycles. The highest BCUT2D eigenvalue weighted by atomic mass is 19.4. The van der Waals surface area contributed by atoms with Crippen LogP contribution in [0.2, 0.25) is 0 Å². The number of likely N-dealkylation sites (N-methyl/N-ethyl adjacent to an activating group) is 1. The van der Waals surface area contributed by atoms with Crippen LogP contribution in [-0.4, -0.2) is 92.8 Å². The Morgan fingerprint density at radius 1 is 0.978 bits per heavy atom. The number of hydrogen-bond acceptors (Lipinski definition) is 6. The standard InChI is InChI=1S/C25H29N5O2.2C2HF3O2/c1-29-12-11-22(17-29)32-24-13-19(20-14-26-27-15-20)7-10-23(24)28-25(31)30(21-8-9-21)16-18-5-3-2-4-6-18;2*3-2(4,5)1(6)7/h2-7,10,13-15,21-22H,8-9,11-12,16-17H2,1H3,(H,26,27)(H,28,31);2*(H,6,7)/t22-;;/m0../s1. The minimum absolute atomic E-state index is 0.0826. The monoisotopic (exact) mass is 659 g/mol. The molecule has 1 saturated carbocycles. The van der Waals surface area contributed by atoms with Gasteiger partial charge in [0.2, 0.25) is 0 Å². The van der Waals surface area contributed by atoms with Crippen molar-refractivity contribution in [2.75, 3.05) is 25.5 Å². The number of carbonyl (C=O) groups is 3. The van der Waals surface area contributed by atoms with Gasteiger partial charge in [-0.2, -0.15) is 31.4 Å². The van der Waals surface area contributed by atoms with Gasteiger partial charge in [0.05, 0.1) is 11.9 Å². The predicted molar refractivity (Wildman–Crippen MR) is 152 cm³/mol. The van der Waals surface area contributed by atoms with Crippen molar-refractivity contribution < 1.29 is 55.7 Å². The highest BCUT2D eigenvalue weighted by Gasteiger charge is 2.39. The first kappa shape index (κ1) is 35.7. The first-order valence-electron chi connectivity index (χ1n) is 13.7. The van der Waals surface area contributed by atoms with Gasteiger partial charge in [-0.1, -0.05) is 36.4 Å². The Hall–Kier alpha value is -4.80. The van der Waals surface area contributed by atoms with Gasteiger partial charge in [-0.15, -0.1) is 0 Å². The zero-order valence-corrected chi connectivity index (χ0v) is 24.3. The highest BCUT2D eigenvalue weighted by Crippen LogP contribution is 2.34. The molecule has 11 nitrogen and oxygen atoms in total. The number of alkyl halides is 6. The van der Waals surface area contributed by atoms with Gasteiger partial charge in [0.15, 0.2) is 0 Å². The molecule has 250 valence electrons. The van der Waals surface area contributed by atoms with E-state index in [1.54, 1.807) is 6.20 Å². The lowest BCUT2D eigenvalue weighted by molar-refractivity contribution is -0.193. The number of ether oxygens (including phenoxy) is 1. The number of urea groups is 1. The van der Waals surface area contributed by atoms with Crippen molar-refractivity contribution in [3.05, 3.63) is 66.5 Å². The summed E-state index contributed by atoms with van der Waals surface area (Å²) >= 11 is 0. The minimum Gasteiger partial charge on any atom is -0.487 e. The van der Waals surface area contributed by atoms with E-state index in [1.807, 2.05) is 47.5 Å². The fourth-order valence-electron chi connectivity index (χ4n) is 4.20. The van der Waals surface area contributed by atoms with E-state index in [9.17, 15) is 31.1 Å². The van der Waals surface area contributed by atoms with Crippen LogP contribution >= 0.6 is 0 Å². The maximum Gasteiger partial charge on any atom is 0.490 e. The Kier molecular flexibility index (Phi) is 12.0. The second kappa shape index (κ2) is 15.5. The number of aromatic nitrogens is 2. The zero-order valence-electron chi connectivity index (χ0n) is 24.3. The average Bonchev–Trinajstić information content (AvgIpc) is 3.50. The molecule has 1 atom stereocenters. The van der Waals surface area contributed by atoms with Crippen LogP contribution < -0.4 is 10.1 Å². The van der Waals surface area contributed by atoms with E-state index in [0.717, 1.165) is 49.0 Å². The molecule has 0 unspecified atom stereocenters. The van der Waals surface area contributed by atoms with Gasteiger partial charge in [-0.25, -0.2) is 14.4 Å². The fourth-order valence-corrected chi connectivity index (χ4v) is 4.20. The Labute approximate surface area is 258 Å². The van der Waals surface area contributed by atoms with Gasteiger partial charge in [0.25, 0.3) is 0 Å². The summed E-state index contributed by atoms with van der Waals surface area (Å²) in [6, 6.07) is 16.3. The molecule has 1 saturated heterocycles. The number of nitrogens with one attached hydrogen (secondary N) is 2. The van der Waals surface area contributed by atoms with Crippen molar-refractivity contribution in [2.45, 2.75) is 50.3 Å². The SMILES string of the molecule is CN1CC[C@H](Oc2cc(-c3cn[nH]c3)ccc2NC(=O)N(Cc2ccccc2)C2CC2)C1.O=C(O)C(F)(F)F.O=C(O)C(F)(F)F. The number of carboxylic acids is 2. The Morgan fingerprint density at radius 2 is 1.59 bits per heavy atom. The van der Waals surface area contributed by atoms with Gasteiger partial charge < -0.3 is 30.1 Å². The fraction of sp³-hybridized carbons (Fsp3) is 0.379. The number of hydrogen-bond donors (Lipinski definition) is 4. The largest absolute Gasteiger partial charge is 0.490 e. The van der Waals surface area contributed by atoms with Crippen LogP contribution in [0.1, 0.15) is 24.8 Å². The van der Waals surface area contributed by atoms with Crippen LogP contribution in [-0.2, 0) is 16.1 Å². The molecule has 1 aromatic heterocycles. The topological polar surface area (TPSA) is 148 Å². The predicted octanol–water partition coefficient (Wildman–Crippen LogP) is 5.62. The zero-order chi connectivity index (χ0) is 34.1. The van der Waals surface area contributed by atoms with Crippen molar-refractivity contribution in [1.29, 1.82) is 0 Å². The molecule has 1 aliphatic heterocycles. The van der Waals surface area contributed by atoms with Crippen LogP contribution in [0, 0.1) is 0 Å². The molecule has 2 aliphatic rings. The van der Waals surface area contributed by atoms with Crippen molar-refractivity contribution in [2.24, 2.45) is 0 Å². The van der Waals surface area contributed by atoms with E-state index < -0.39 is 24.3 Å². The van der Waals surface area contributed by atoms with Crippen molar-refractivity contribution >= 4 is 23.7 Å². The Morgan fingerprint density at radius 3 is 2.07 bits per heavy atom. The normalized spacial score (nSPS) is 16.3. The van der Waals surface area contributed by atoms with Crippen LogP contribution in [0.25, 0.3) is 11.1 Å². The number of aliphatic carboxylic acids is 2. The molecule has 46 heavy (non-hydrogen) atoms. The van der Waals surface area contributed by atoms with E-state index in [0.29, 0.717) is 24.0 Å². The molecule has 2 amide bonds. The lowest BCUT2D eigenvalue weighted by atomic mass is 10.1. The molecule has 2 fully saturated rings. The number of H-pyrrole nitrogens is 1. The molecule has 0 spiro atoms. The molecule has 5 rings (SSSR count). The Balaban J connectivity index is 0.000000345. The molecule has 4 N–H and O–H groups in total.